The van der Waals surface area contributed by atoms with Crippen molar-refractivity contribution in [2.45, 2.75) is 39.3 Å². The van der Waals surface area contributed by atoms with Gasteiger partial charge in [-0.3, -0.25) is 9.67 Å². The first-order valence-electron chi connectivity index (χ1n) is 9.40. The molecule has 2 aromatic rings. The Labute approximate surface area is 189 Å². The summed E-state index contributed by atoms with van der Waals surface area (Å²) in [7, 11) is 1.80. The van der Waals surface area contributed by atoms with Crippen molar-refractivity contribution in [2.75, 3.05) is 31.6 Å². The van der Waals surface area contributed by atoms with Crippen molar-refractivity contribution >= 4 is 47.4 Å². The van der Waals surface area contributed by atoms with Crippen molar-refractivity contribution in [2.24, 2.45) is 4.99 Å². The minimum atomic E-state index is 0. The number of aliphatic imine (C=N–C) groups is 1. The molecule has 2 aromatic heterocycles. The number of guanidine groups is 1. The maximum Gasteiger partial charge on any atom is 0.191 e. The first-order valence-corrected chi connectivity index (χ1v) is 9.78. The Morgan fingerprint density at radius 3 is 2.89 bits per heavy atom. The molecule has 0 bridgehead atoms. The monoisotopic (exact) mass is 517 g/mol. The lowest BCUT2D eigenvalue weighted by molar-refractivity contribution is 0.552. The van der Waals surface area contributed by atoms with E-state index in [4.69, 9.17) is 11.6 Å². The van der Waals surface area contributed by atoms with E-state index < -0.39 is 0 Å². The number of pyridine rings is 1. The van der Waals surface area contributed by atoms with Gasteiger partial charge in [0.2, 0.25) is 0 Å². The predicted octanol–water partition coefficient (Wildman–Crippen LogP) is 3.00. The summed E-state index contributed by atoms with van der Waals surface area (Å²) in [6.07, 6.45) is 3.80. The third-order valence-corrected chi connectivity index (χ3v) is 5.03. The van der Waals surface area contributed by atoms with Crippen molar-refractivity contribution in [3.8, 4) is 0 Å². The molecule has 0 saturated carbocycles. The average Bonchev–Trinajstić information content (AvgIpc) is 3.24. The van der Waals surface area contributed by atoms with E-state index in [1.54, 1.807) is 13.2 Å². The fourth-order valence-electron chi connectivity index (χ4n) is 3.41. The second-order valence-electron chi connectivity index (χ2n) is 6.89. The summed E-state index contributed by atoms with van der Waals surface area (Å²) in [6, 6.07) is 6.17. The van der Waals surface area contributed by atoms with Gasteiger partial charge < -0.3 is 15.5 Å². The first kappa shape index (κ1) is 22.7. The lowest BCUT2D eigenvalue weighted by Crippen LogP contribution is -2.45. The van der Waals surface area contributed by atoms with Gasteiger partial charge in [-0.15, -0.1) is 24.0 Å². The van der Waals surface area contributed by atoms with Crippen LogP contribution in [-0.4, -0.2) is 53.4 Å². The van der Waals surface area contributed by atoms with E-state index in [9.17, 15) is 0 Å². The zero-order valence-electron chi connectivity index (χ0n) is 16.7. The van der Waals surface area contributed by atoms with Crippen LogP contribution in [0.15, 0.2) is 29.4 Å². The molecular weight excluding hydrogens is 489 g/mol. The summed E-state index contributed by atoms with van der Waals surface area (Å²) in [4.78, 5) is 11.0. The van der Waals surface area contributed by atoms with Crippen LogP contribution in [0, 0.1) is 13.8 Å². The summed E-state index contributed by atoms with van der Waals surface area (Å²) in [5.74, 6) is 1.69. The number of halogens is 2. The number of anilines is 1. The molecule has 1 saturated heterocycles. The van der Waals surface area contributed by atoms with E-state index in [2.05, 4.69) is 48.3 Å². The molecule has 7 nitrogen and oxygen atoms in total. The zero-order chi connectivity index (χ0) is 19.2. The lowest BCUT2D eigenvalue weighted by Gasteiger charge is -2.20. The van der Waals surface area contributed by atoms with E-state index in [1.165, 1.54) is 5.69 Å². The van der Waals surface area contributed by atoms with Gasteiger partial charge in [0.15, 0.2) is 5.96 Å². The molecule has 154 valence electrons. The number of nitrogens with one attached hydrogen (secondary N) is 2. The highest BCUT2D eigenvalue weighted by atomic mass is 127. The molecule has 0 radical (unpaired) electrons. The van der Waals surface area contributed by atoms with Gasteiger partial charge in [0.05, 0.1) is 10.7 Å². The molecular formula is C19H29ClIN7. The van der Waals surface area contributed by atoms with E-state index >= 15 is 0 Å². The van der Waals surface area contributed by atoms with Gasteiger partial charge in [-0.05, 0) is 44.9 Å². The molecule has 0 amide bonds. The highest BCUT2D eigenvalue weighted by molar-refractivity contribution is 14.0. The van der Waals surface area contributed by atoms with E-state index in [0.29, 0.717) is 11.1 Å². The average molecular weight is 518 g/mol. The summed E-state index contributed by atoms with van der Waals surface area (Å²) in [5.41, 5.74) is 2.27. The van der Waals surface area contributed by atoms with Crippen LogP contribution in [0.5, 0.6) is 0 Å². The molecule has 0 aromatic carbocycles. The standard InChI is InChI=1S/C19H28ClN7.HI/c1-14-12-15(2)27(25-14)10-5-9-23-19(21-3)24-16-7-11-26(13-16)18-17(20)6-4-8-22-18;/h4,6,8,12,16H,5,7,9-11,13H2,1-3H3,(H2,21,23,24);1H. The topological polar surface area (TPSA) is 70.4 Å². The zero-order valence-corrected chi connectivity index (χ0v) is 19.7. The lowest BCUT2D eigenvalue weighted by atomic mass is 10.3. The van der Waals surface area contributed by atoms with Crippen molar-refractivity contribution in [1.29, 1.82) is 0 Å². The minimum absolute atomic E-state index is 0. The molecule has 0 spiro atoms. The molecule has 28 heavy (non-hydrogen) atoms. The molecule has 2 N–H and O–H groups in total. The van der Waals surface area contributed by atoms with Crippen LogP contribution in [-0.2, 0) is 6.54 Å². The Balaban J connectivity index is 0.00000280. The molecule has 1 aliphatic rings. The number of aromatic nitrogens is 3. The van der Waals surface area contributed by atoms with Crippen molar-refractivity contribution in [3.63, 3.8) is 0 Å². The van der Waals surface area contributed by atoms with Crippen LogP contribution < -0.4 is 15.5 Å². The smallest absolute Gasteiger partial charge is 0.191 e. The van der Waals surface area contributed by atoms with Crippen molar-refractivity contribution in [1.82, 2.24) is 25.4 Å². The number of aryl methyl sites for hydroxylation is 3. The van der Waals surface area contributed by atoms with E-state index in [1.807, 2.05) is 19.1 Å². The first-order chi connectivity index (χ1) is 13.1. The summed E-state index contributed by atoms with van der Waals surface area (Å²) < 4.78 is 2.05. The number of hydrogen-bond acceptors (Lipinski definition) is 4. The highest BCUT2D eigenvalue weighted by Gasteiger charge is 2.25. The molecule has 1 fully saturated rings. The van der Waals surface area contributed by atoms with E-state index in [-0.39, 0.29) is 24.0 Å². The number of hydrogen-bond donors (Lipinski definition) is 2. The van der Waals surface area contributed by atoms with Gasteiger partial charge in [0, 0.05) is 51.2 Å². The quantitative estimate of drug-likeness (QED) is 0.267. The highest BCUT2D eigenvalue weighted by Crippen LogP contribution is 2.25. The molecule has 1 atom stereocenters. The van der Waals surface area contributed by atoms with Crippen molar-refractivity contribution < 1.29 is 0 Å². The summed E-state index contributed by atoms with van der Waals surface area (Å²) in [6.45, 7) is 7.66. The Bertz CT molecular complexity index is 792. The number of nitrogens with zero attached hydrogens (tertiary/aromatic N) is 5. The van der Waals surface area contributed by atoms with Gasteiger partial charge >= 0.3 is 0 Å². The van der Waals surface area contributed by atoms with Crippen LogP contribution in [0.25, 0.3) is 0 Å². The fourth-order valence-corrected chi connectivity index (χ4v) is 3.65. The second kappa shape index (κ2) is 10.8. The molecule has 3 heterocycles. The van der Waals surface area contributed by atoms with Gasteiger partial charge in [0.25, 0.3) is 0 Å². The van der Waals surface area contributed by atoms with Crippen LogP contribution in [0.3, 0.4) is 0 Å². The molecule has 1 aliphatic heterocycles. The second-order valence-corrected chi connectivity index (χ2v) is 7.29. The van der Waals surface area contributed by atoms with Crippen LogP contribution in [0.1, 0.15) is 24.2 Å². The minimum Gasteiger partial charge on any atom is -0.356 e. The van der Waals surface area contributed by atoms with Crippen LogP contribution in [0.4, 0.5) is 5.82 Å². The predicted molar refractivity (Wildman–Crippen MR) is 126 cm³/mol. The molecule has 9 heteroatoms. The third kappa shape index (κ3) is 5.97. The molecule has 1 unspecified atom stereocenters. The molecule has 0 aliphatic carbocycles. The Morgan fingerprint density at radius 1 is 1.39 bits per heavy atom. The van der Waals surface area contributed by atoms with Gasteiger partial charge in [-0.1, -0.05) is 11.6 Å². The van der Waals surface area contributed by atoms with Gasteiger partial charge in [-0.25, -0.2) is 4.98 Å². The molecule has 3 rings (SSSR count). The van der Waals surface area contributed by atoms with Gasteiger partial charge in [0.1, 0.15) is 5.82 Å². The Hall–Kier alpha value is -1.55. The normalized spacial score (nSPS) is 16.8. The third-order valence-electron chi connectivity index (χ3n) is 4.73. The maximum atomic E-state index is 6.26. The van der Waals surface area contributed by atoms with Crippen molar-refractivity contribution in [3.05, 3.63) is 40.8 Å². The largest absolute Gasteiger partial charge is 0.356 e. The number of rotatable bonds is 6. The summed E-state index contributed by atoms with van der Waals surface area (Å²) in [5, 5.41) is 12.1. The van der Waals surface area contributed by atoms with Gasteiger partial charge in [-0.2, -0.15) is 5.10 Å². The van der Waals surface area contributed by atoms with E-state index in [0.717, 1.165) is 56.5 Å². The van der Waals surface area contributed by atoms with Crippen LogP contribution >= 0.6 is 35.6 Å². The Kier molecular flexibility index (Phi) is 8.81. The Morgan fingerprint density at radius 2 is 2.21 bits per heavy atom. The summed E-state index contributed by atoms with van der Waals surface area (Å²) >= 11 is 6.26. The SMILES string of the molecule is CN=C(NCCCn1nc(C)cc1C)NC1CCN(c2ncccc2Cl)C1.I. The van der Waals surface area contributed by atoms with Crippen LogP contribution in [0.2, 0.25) is 5.02 Å². The fraction of sp³-hybridized carbons (Fsp3) is 0.526. The maximum absolute atomic E-state index is 6.26.